The molecular weight excluding hydrogens is 260 g/mol. The highest BCUT2D eigenvalue weighted by Crippen LogP contribution is 2.36. The molecule has 0 amide bonds. The first-order valence-electron chi connectivity index (χ1n) is 8.19. The van der Waals surface area contributed by atoms with E-state index in [1.807, 2.05) is 6.92 Å². The molecule has 21 heavy (non-hydrogen) atoms. The molecule has 0 radical (unpaired) electrons. The summed E-state index contributed by atoms with van der Waals surface area (Å²) in [4.78, 5) is 12.9. The molecule has 0 atom stereocenters. The molecule has 1 fully saturated rings. The number of carbonyl (C=O) groups excluding carboxylic acids is 1. The van der Waals surface area contributed by atoms with Crippen LogP contribution in [-0.2, 0) is 16.0 Å². The summed E-state index contributed by atoms with van der Waals surface area (Å²) in [6.45, 7) is 9.05. The van der Waals surface area contributed by atoms with Crippen molar-refractivity contribution in [1.82, 2.24) is 0 Å². The van der Waals surface area contributed by atoms with E-state index in [-0.39, 0.29) is 5.78 Å². The smallest absolute Gasteiger partial charge is 0.168 e. The number of carbonyl (C=O) groups is 1. The zero-order chi connectivity index (χ0) is 15.5. The van der Waals surface area contributed by atoms with Gasteiger partial charge in [0.1, 0.15) is 5.60 Å². The summed E-state index contributed by atoms with van der Waals surface area (Å²) in [5, 5.41) is 0. The Morgan fingerprint density at radius 3 is 2.29 bits per heavy atom. The maximum atomic E-state index is 12.9. The van der Waals surface area contributed by atoms with Gasteiger partial charge in [0, 0.05) is 13.0 Å². The van der Waals surface area contributed by atoms with Crippen LogP contribution < -0.4 is 0 Å². The third-order valence-electron chi connectivity index (χ3n) is 4.66. The Balaban J connectivity index is 2.15. The van der Waals surface area contributed by atoms with Crippen molar-refractivity contribution in [1.29, 1.82) is 0 Å². The Labute approximate surface area is 128 Å². The van der Waals surface area contributed by atoms with Crippen LogP contribution in [0.3, 0.4) is 0 Å². The first kappa shape index (κ1) is 16.2. The lowest BCUT2D eigenvalue weighted by molar-refractivity contribution is -0.149. The second kappa shape index (κ2) is 6.74. The van der Waals surface area contributed by atoms with E-state index in [1.165, 1.54) is 11.1 Å². The van der Waals surface area contributed by atoms with Crippen molar-refractivity contribution in [2.24, 2.45) is 5.92 Å². The van der Waals surface area contributed by atoms with E-state index in [0.717, 1.165) is 31.2 Å². The lowest BCUT2D eigenvalue weighted by Gasteiger charge is -2.38. The fraction of sp³-hybridized carbons (Fsp3) is 0.632. The Morgan fingerprint density at radius 2 is 1.76 bits per heavy atom. The molecule has 0 heterocycles. The van der Waals surface area contributed by atoms with Crippen molar-refractivity contribution < 1.29 is 9.53 Å². The molecule has 0 aromatic heterocycles. The number of rotatable bonds is 5. The third-order valence-corrected chi connectivity index (χ3v) is 4.66. The van der Waals surface area contributed by atoms with E-state index in [2.05, 4.69) is 39.0 Å². The predicted octanol–water partition coefficient (Wildman–Crippen LogP) is 4.40. The summed E-state index contributed by atoms with van der Waals surface area (Å²) in [7, 11) is 0. The van der Waals surface area contributed by atoms with E-state index in [1.54, 1.807) is 0 Å². The molecule has 1 aromatic rings. The normalized spacial score (nSPS) is 25.8. The molecule has 1 aliphatic carbocycles. The third kappa shape index (κ3) is 3.94. The second-order valence-electron chi connectivity index (χ2n) is 6.71. The molecule has 1 aromatic carbocycles. The van der Waals surface area contributed by atoms with Crippen LogP contribution in [0.15, 0.2) is 18.2 Å². The molecular formula is C19H28O2. The summed E-state index contributed by atoms with van der Waals surface area (Å²) in [6, 6.07) is 6.39. The van der Waals surface area contributed by atoms with Crippen LogP contribution in [0.4, 0.5) is 0 Å². The topological polar surface area (TPSA) is 26.3 Å². The van der Waals surface area contributed by atoms with Crippen molar-refractivity contribution >= 4 is 5.78 Å². The first-order chi connectivity index (χ1) is 9.95. The monoisotopic (exact) mass is 288 g/mol. The number of benzene rings is 1. The van der Waals surface area contributed by atoms with Gasteiger partial charge in [0.15, 0.2) is 5.78 Å². The van der Waals surface area contributed by atoms with Gasteiger partial charge >= 0.3 is 0 Å². The Kier molecular flexibility index (Phi) is 5.21. The van der Waals surface area contributed by atoms with Crippen LogP contribution in [0.5, 0.6) is 0 Å². The quantitative estimate of drug-likeness (QED) is 0.802. The molecule has 2 nitrogen and oxygen atoms in total. The van der Waals surface area contributed by atoms with Gasteiger partial charge in [-0.05, 0) is 57.9 Å². The Hall–Kier alpha value is -1.15. The van der Waals surface area contributed by atoms with Gasteiger partial charge in [-0.25, -0.2) is 0 Å². The van der Waals surface area contributed by atoms with Crippen LogP contribution in [0.2, 0.25) is 0 Å². The van der Waals surface area contributed by atoms with Gasteiger partial charge in [0.2, 0.25) is 0 Å². The maximum absolute atomic E-state index is 12.9. The van der Waals surface area contributed by atoms with E-state index in [9.17, 15) is 4.79 Å². The lowest BCUT2D eigenvalue weighted by Crippen LogP contribution is -2.45. The summed E-state index contributed by atoms with van der Waals surface area (Å²) in [5.41, 5.74) is 3.04. The van der Waals surface area contributed by atoms with Crippen LogP contribution in [0.25, 0.3) is 0 Å². The van der Waals surface area contributed by atoms with Crippen molar-refractivity contribution in [3.8, 4) is 0 Å². The standard InChI is InChI=1S/C19H28O2/c1-5-21-19(8-6-14(2)7-9-19)18(20)13-17-11-15(3)10-16(4)12-17/h10-12,14H,5-9,13H2,1-4H3. The minimum absolute atomic E-state index is 0.265. The van der Waals surface area contributed by atoms with E-state index >= 15 is 0 Å². The molecule has 0 aliphatic heterocycles. The van der Waals surface area contributed by atoms with E-state index in [0.29, 0.717) is 18.9 Å². The van der Waals surface area contributed by atoms with Gasteiger partial charge in [-0.2, -0.15) is 0 Å². The fourth-order valence-electron chi connectivity index (χ4n) is 3.53. The Bertz CT molecular complexity index is 476. The van der Waals surface area contributed by atoms with Gasteiger partial charge in [-0.3, -0.25) is 4.79 Å². The van der Waals surface area contributed by atoms with Crippen molar-refractivity contribution in [3.05, 3.63) is 34.9 Å². The van der Waals surface area contributed by atoms with Crippen molar-refractivity contribution in [3.63, 3.8) is 0 Å². The number of hydrogen-bond acceptors (Lipinski definition) is 2. The fourth-order valence-corrected chi connectivity index (χ4v) is 3.53. The second-order valence-corrected chi connectivity index (χ2v) is 6.71. The average molecular weight is 288 g/mol. The maximum Gasteiger partial charge on any atom is 0.168 e. The van der Waals surface area contributed by atoms with Crippen LogP contribution >= 0.6 is 0 Å². The molecule has 0 spiro atoms. The number of hydrogen-bond donors (Lipinski definition) is 0. The van der Waals surface area contributed by atoms with Gasteiger partial charge < -0.3 is 4.74 Å². The zero-order valence-electron chi connectivity index (χ0n) is 13.9. The SMILES string of the molecule is CCOC1(C(=O)Cc2cc(C)cc(C)c2)CCC(C)CC1. The summed E-state index contributed by atoms with van der Waals surface area (Å²) in [6.07, 6.45) is 4.45. The number of aryl methyl sites for hydroxylation is 2. The van der Waals surface area contributed by atoms with Crippen LogP contribution in [0, 0.1) is 19.8 Å². The number of ether oxygens (including phenoxy) is 1. The zero-order valence-corrected chi connectivity index (χ0v) is 13.9. The van der Waals surface area contributed by atoms with E-state index < -0.39 is 5.60 Å². The molecule has 2 heteroatoms. The van der Waals surface area contributed by atoms with Gasteiger partial charge in [-0.15, -0.1) is 0 Å². The molecule has 0 unspecified atom stereocenters. The van der Waals surface area contributed by atoms with Crippen LogP contribution in [0.1, 0.15) is 56.2 Å². The Morgan fingerprint density at radius 1 is 1.19 bits per heavy atom. The minimum atomic E-state index is -0.529. The molecule has 1 saturated carbocycles. The molecule has 1 aliphatic rings. The average Bonchev–Trinajstić information content (AvgIpc) is 2.40. The predicted molar refractivity (Wildman–Crippen MR) is 86.6 cm³/mol. The largest absolute Gasteiger partial charge is 0.367 e. The van der Waals surface area contributed by atoms with Crippen molar-refractivity contribution in [2.75, 3.05) is 6.61 Å². The van der Waals surface area contributed by atoms with Gasteiger partial charge in [0.25, 0.3) is 0 Å². The number of ketones is 1. The molecule has 0 bridgehead atoms. The minimum Gasteiger partial charge on any atom is -0.367 e. The highest BCUT2D eigenvalue weighted by Gasteiger charge is 2.41. The molecule has 2 rings (SSSR count). The summed E-state index contributed by atoms with van der Waals surface area (Å²) >= 11 is 0. The first-order valence-corrected chi connectivity index (χ1v) is 8.19. The molecule has 116 valence electrons. The summed E-state index contributed by atoms with van der Waals surface area (Å²) in [5.74, 6) is 0.980. The lowest BCUT2D eigenvalue weighted by atomic mass is 9.75. The van der Waals surface area contributed by atoms with Gasteiger partial charge in [-0.1, -0.05) is 36.2 Å². The van der Waals surface area contributed by atoms with Crippen LogP contribution in [-0.4, -0.2) is 18.0 Å². The van der Waals surface area contributed by atoms with E-state index in [4.69, 9.17) is 4.74 Å². The molecule has 0 saturated heterocycles. The summed E-state index contributed by atoms with van der Waals surface area (Å²) < 4.78 is 5.96. The highest BCUT2D eigenvalue weighted by atomic mass is 16.5. The van der Waals surface area contributed by atoms with Gasteiger partial charge in [0.05, 0.1) is 0 Å². The molecule has 0 N–H and O–H groups in total. The number of Topliss-reactive ketones (excluding diaryl/α,β-unsaturated/α-hetero) is 1. The highest BCUT2D eigenvalue weighted by molar-refractivity contribution is 5.89. The van der Waals surface area contributed by atoms with Crippen molar-refractivity contribution in [2.45, 2.75) is 65.4 Å².